The molecule has 0 aliphatic heterocycles. The molecule has 1 fully saturated rings. The Morgan fingerprint density at radius 2 is 2.00 bits per heavy atom. The third kappa shape index (κ3) is 3.33. The van der Waals surface area contributed by atoms with E-state index < -0.39 is 5.82 Å². The first-order chi connectivity index (χ1) is 8.16. The van der Waals surface area contributed by atoms with Crippen molar-refractivity contribution in [2.45, 2.75) is 44.2 Å². The number of anilines is 1. The van der Waals surface area contributed by atoms with E-state index in [0.29, 0.717) is 0 Å². The first kappa shape index (κ1) is 12.7. The van der Waals surface area contributed by atoms with Crippen molar-refractivity contribution in [1.29, 1.82) is 0 Å². The quantitative estimate of drug-likeness (QED) is 0.794. The summed E-state index contributed by atoms with van der Waals surface area (Å²) in [7, 11) is 0. The van der Waals surface area contributed by atoms with Crippen LogP contribution in [0.3, 0.4) is 0 Å². The molecule has 0 heterocycles. The van der Waals surface area contributed by atoms with Crippen molar-refractivity contribution in [3.63, 3.8) is 0 Å². The van der Waals surface area contributed by atoms with Gasteiger partial charge in [0.25, 0.3) is 0 Å². The number of aliphatic hydroxyl groups excluding tert-OH is 1. The molecule has 2 N–H and O–H groups in total. The van der Waals surface area contributed by atoms with Crippen molar-refractivity contribution in [3.8, 4) is 0 Å². The molecule has 0 amide bonds. The molecule has 0 saturated heterocycles. The van der Waals surface area contributed by atoms with Gasteiger partial charge in [-0.3, -0.25) is 0 Å². The van der Waals surface area contributed by atoms with Crippen LogP contribution in [0.25, 0.3) is 0 Å². The molecule has 1 saturated carbocycles. The van der Waals surface area contributed by atoms with Crippen LogP contribution in [-0.2, 0) is 0 Å². The summed E-state index contributed by atoms with van der Waals surface area (Å²) < 4.78 is 13.0. The second kappa shape index (κ2) is 5.69. The molecule has 2 nitrogen and oxygen atoms in total. The van der Waals surface area contributed by atoms with Gasteiger partial charge >= 0.3 is 0 Å². The van der Waals surface area contributed by atoms with Crippen molar-refractivity contribution in [1.82, 2.24) is 0 Å². The fraction of sp³-hybridized carbons (Fsp3) is 0.538. The smallest absolute Gasteiger partial charge is 0.141 e. The summed E-state index contributed by atoms with van der Waals surface area (Å²) in [5.41, 5.74) is 0.766. The highest BCUT2D eigenvalue weighted by Crippen LogP contribution is 2.24. The van der Waals surface area contributed by atoms with E-state index in [0.717, 1.165) is 31.4 Å². The third-order valence-corrected chi connectivity index (χ3v) is 3.54. The first-order valence-corrected chi connectivity index (χ1v) is 6.44. The van der Waals surface area contributed by atoms with Gasteiger partial charge in [-0.2, -0.15) is 0 Å². The molecule has 94 valence electrons. The van der Waals surface area contributed by atoms with Crippen molar-refractivity contribution < 1.29 is 9.50 Å². The fourth-order valence-corrected chi connectivity index (χ4v) is 2.44. The summed E-state index contributed by atoms with van der Waals surface area (Å²) in [6, 6.07) is 4.60. The molecule has 17 heavy (non-hydrogen) atoms. The van der Waals surface area contributed by atoms with Gasteiger partial charge in [-0.15, -0.1) is 0 Å². The minimum Gasteiger partial charge on any atom is -0.391 e. The van der Waals surface area contributed by atoms with Crippen LogP contribution < -0.4 is 5.32 Å². The van der Waals surface area contributed by atoms with Crippen molar-refractivity contribution >= 4 is 17.3 Å². The van der Waals surface area contributed by atoms with Crippen LogP contribution in [0.1, 0.15) is 32.1 Å². The van der Waals surface area contributed by atoms with Crippen LogP contribution >= 0.6 is 11.6 Å². The molecule has 0 spiro atoms. The zero-order valence-corrected chi connectivity index (χ0v) is 10.4. The summed E-state index contributed by atoms with van der Waals surface area (Å²) in [6.45, 7) is 0. The standard InChI is InChI=1S/C13H17ClFNO/c14-10-8-9(6-7-11(10)15)16-12-4-2-1-3-5-13(12)17/h6-8,12-13,16-17H,1-5H2. The maximum atomic E-state index is 13.0. The van der Waals surface area contributed by atoms with Gasteiger partial charge in [0.1, 0.15) is 5.82 Å². The van der Waals surface area contributed by atoms with Gasteiger partial charge < -0.3 is 10.4 Å². The van der Waals surface area contributed by atoms with Crippen LogP contribution in [-0.4, -0.2) is 17.3 Å². The third-order valence-electron chi connectivity index (χ3n) is 3.25. The van der Waals surface area contributed by atoms with Crippen LogP contribution in [0.4, 0.5) is 10.1 Å². The Morgan fingerprint density at radius 1 is 1.24 bits per heavy atom. The van der Waals surface area contributed by atoms with Gasteiger partial charge in [0.05, 0.1) is 17.2 Å². The average Bonchev–Trinajstić information content (AvgIpc) is 2.50. The van der Waals surface area contributed by atoms with Crippen LogP contribution in [0.5, 0.6) is 0 Å². The van der Waals surface area contributed by atoms with E-state index in [4.69, 9.17) is 11.6 Å². The number of rotatable bonds is 2. The molecule has 1 aliphatic carbocycles. The van der Waals surface area contributed by atoms with Crippen LogP contribution in [0, 0.1) is 5.82 Å². The summed E-state index contributed by atoms with van der Waals surface area (Å²) in [4.78, 5) is 0. The van der Waals surface area contributed by atoms with E-state index in [1.165, 1.54) is 12.5 Å². The highest BCUT2D eigenvalue weighted by atomic mass is 35.5. The van der Waals surface area contributed by atoms with Crippen molar-refractivity contribution in [3.05, 3.63) is 29.0 Å². The maximum Gasteiger partial charge on any atom is 0.141 e. The SMILES string of the molecule is OC1CCCCCC1Nc1ccc(F)c(Cl)c1. The Bertz CT molecular complexity index is 386. The Hall–Kier alpha value is -0.800. The zero-order valence-electron chi connectivity index (χ0n) is 9.63. The number of aliphatic hydroxyl groups is 1. The monoisotopic (exact) mass is 257 g/mol. The van der Waals surface area contributed by atoms with Gasteiger partial charge in [0.2, 0.25) is 0 Å². The fourth-order valence-electron chi connectivity index (χ4n) is 2.26. The van der Waals surface area contributed by atoms with E-state index in [1.807, 2.05) is 0 Å². The number of hydrogen-bond acceptors (Lipinski definition) is 2. The van der Waals surface area contributed by atoms with Crippen LogP contribution in [0.15, 0.2) is 18.2 Å². The number of hydrogen-bond donors (Lipinski definition) is 2. The second-order valence-corrected chi connectivity index (χ2v) is 4.99. The van der Waals surface area contributed by atoms with E-state index in [1.54, 1.807) is 12.1 Å². The number of benzene rings is 1. The van der Waals surface area contributed by atoms with E-state index in [2.05, 4.69) is 5.32 Å². The lowest BCUT2D eigenvalue weighted by atomic mass is 10.1. The number of nitrogens with one attached hydrogen (secondary N) is 1. The first-order valence-electron chi connectivity index (χ1n) is 6.06. The Kier molecular flexibility index (Phi) is 4.24. The highest BCUT2D eigenvalue weighted by Gasteiger charge is 2.21. The van der Waals surface area contributed by atoms with Gasteiger partial charge in [-0.05, 0) is 31.0 Å². The Labute approximate surface area is 106 Å². The summed E-state index contributed by atoms with van der Waals surface area (Å²) in [5, 5.41) is 13.3. The van der Waals surface area contributed by atoms with E-state index in [-0.39, 0.29) is 17.2 Å². The maximum absolute atomic E-state index is 13.0. The van der Waals surface area contributed by atoms with Crippen LogP contribution in [0.2, 0.25) is 5.02 Å². The Balaban J connectivity index is 2.05. The minimum absolute atomic E-state index is 0.0408. The van der Waals surface area contributed by atoms with Crippen molar-refractivity contribution in [2.75, 3.05) is 5.32 Å². The molecule has 2 atom stereocenters. The lowest BCUT2D eigenvalue weighted by molar-refractivity contribution is 0.144. The molecule has 0 radical (unpaired) electrons. The molecular formula is C13H17ClFNO. The topological polar surface area (TPSA) is 32.3 Å². The minimum atomic E-state index is -0.418. The molecule has 1 aromatic rings. The van der Waals surface area contributed by atoms with Gasteiger partial charge in [0.15, 0.2) is 0 Å². The molecule has 0 aromatic heterocycles. The van der Waals surface area contributed by atoms with Crippen molar-refractivity contribution in [2.24, 2.45) is 0 Å². The summed E-state index contributed by atoms with van der Waals surface area (Å²) >= 11 is 5.72. The van der Waals surface area contributed by atoms with E-state index >= 15 is 0 Å². The Morgan fingerprint density at radius 3 is 2.76 bits per heavy atom. The molecule has 1 aromatic carbocycles. The number of halogens is 2. The molecule has 1 aliphatic rings. The normalized spacial score (nSPS) is 25.4. The van der Waals surface area contributed by atoms with Gasteiger partial charge in [-0.1, -0.05) is 30.9 Å². The largest absolute Gasteiger partial charge is 0.391 e. The zero-order chi connectivity index (χ0) is 12.3. The predicted molar refractivity (Wildman–Crippen MR) is 67.9 cm³/mol. The van der Waals surface area contributed by atoms with Gasteiger partial charge in [-0.25, -0.2) is 4.39 Å². The second-order valence-electron chi connectivity index (χ2n) is 4.59. The molecule has 0 bridgehead atoms. The lowest BCUT2D eigenvalue weighted by Gasteiger charge is -2.23. The van der Waals surface area contributed by atoms with Gasteiger partial charge in [0, 0.05) is 5.69 Å². The summed E-state index contributed by atoms with van der Waals surface area (Å²) in [6.07, 6.45) is 4.79. The lowest BCUT2D eigenvalue weighted by Crippen LogP contribution is -2.32. The molecule has 2 rings (SSSR count). The molecule has 2 unspecified atom stereocenters. The average molecular weight is 258 g/mol. The molecule has 4 heteroatoms. The summed E-state index contributed by atoms with van der Waals surface area (Å²) in [5.74, 6) is -0.418. The highest BCUT2D eigenvalue weighted by molar-refractivity contribution is 6.31. The van der Waals surface area contributed by atoms with E-state index in [9.17, 15) is 9.50 Å². The predicted octanol–water partition coefficient (Wildman–Crippen LogP) is 3.58. The molecular weight excluding hydrogens is 241 g/mol.